The van der Waals surface area contributed by atoms with Crippen molar-refractivity contribution < 1.29 is 10.4 Å². The average molecular weight is 182 g/mol. The van der Waals surface area contributed by atoms with E-state index < -0.39 is 6.04 Å². The Bertz CT molecular complexity index is 343. The third-order valence-corrected chi connectivity index (χ3v) is 1.57. The van der Waals surface area contributed by atoms with Gasteiger partial charge in [-0.05, 0) is 0 Å². The van der Waals surface area contributed by atoms with E-state index in [9.17, 15) is 0 Å². The Hall–Kier alpha value is -1.80. The first-order valence-electron chi connectivity index (χ1n) is 3.42. The highest BCUT2D eigenvalue weighted by Gasteiger charge is 2.28. The number of rotatable bonds is 0. The molecule has 8 nitrogen and oxygen atoms in total. The Kier molecular flexibility index (Phi) is 1.76. The molecule has 0 aromatic heterocycles. The van der Waals surface area contributed by atoms with Gasteiger partial charge in [-0.15, -0.1) is 0 Å². The summed E-state index contributed by atoms with van der Waals surface area (Å²) >= 11 is 0. The molecule has 0 aliphatic carbocycles. The Morgan fingerprint density at radius 1 is 1.23 bits per heavy atom. The lowest BCUT2D eigenvalue weighted by molar-refractivity contribution is 0.227. The first kappa shape index (κ1) is 7.83. The number of nitrogens with zero attached hydrogens (tertiary/aromatic N) is 4. The number of fused-ring (bicyclic) bond motifs is 1. The van der Waals surface area contributed by atoms with Gasteiger partial charge >= 0.3 is 0 Å². The summed E-state index contributed by atoms with van der Waals surface area (Å²) in [5, 5.41) is 17.2. The number of guanidine groups is 1. The van der Waals surface area contributed by atoms with Gasteiger partial charge in [0.2, 0.25) is 0 Å². The van der Waals surface area contributed by atoms with Gasteiger partial charge in [0, 0.05) is 0 Å². The van der Waals surface area contributed by atoms with Gasteiger partial charge in [0.25, 0.3) is 5.96 Å². The highest BCUT2D eigenvalue weighted by molar-refractivity contribution is 6.22. The van der Waals surface area contributed by atoms with E-state index in [1.165, 1.54) is 6.34 Å². The normalized spacial score (nSPS) is 24.5. The molecule has 0 spiro atoms. The van der Waals surface area contributed by atoms with Crippen LogP contribution in [0.3, 0.4) is 0 Å². The molecule has 1 atom stereocenters. The molecular weight excluding hydrogens is 176 g/mol. The number of aliphatic imine (C=N–C) groups is 4. The zero-order chi connectivity index (χ0) is 9.26. The fourth-order valence-corrected chi connectivity index (χ4v) is 1.02. The van der Waals surface area contributed by atoms with Gasteiger partial charge in [0.15, 0.2) is 17.7 Å². The van der Waals surface area contributed by atoms with Crippen molar-refractivity contribution in [2.75, 3.05) is 0 Å². The van der Waals surface area contributed by atoms with E-state index in [4.69, 9.17) is 10.4 Å². The quantitative estimate of drug-likeness (QED) is 0.342. The van der Waals surface area contributed by atoms with Crippen LogP contribution < -0.4 is 11.0 Å². The molecule has 4 N–H and O–H groups in total. The lowest BCUT2D eigenvalue weighted by Gasteiger charge is -2.14. The van der Waals surface area contributed by atoms with Crippen LogP contribution >= 0.6 is 0 Å². The number of hydrogen-bond acceptors (Lipinski definition) is 8. The SMILES string of the molecule is ONC1=NC2=NC=NC2C(NO)=N1. The van der Waals surface area contributed by atoms with E-state index in [2.05, 4.69) is 20.0 Å². The minimum Gasteiger partial charge on any atom is -0.290 e. The molecule has 0 radical (unpaired) electrons. The second-order valence-corrected chi connectivity index (χ2v) is 2.31. The van der Waals surface area contributed by atoms with Crippen molar-refractivity contribution in [2.24, 2.45) is 20.0 Å². The van der Waals surface area contributed by atoms with Crippen molar-refractivity contribution in [3.05, 3.63) is 0 Å². The fourth-order valence-electron chi connectivity index (χ4n) is 1.02. The van der Waals surface area contributed by atoms with E-state index in [0.29, 0.717) is 5.84 Å². The molecular formula is C5H6N6O2. The smallest absolute Gasteiger partial charge is 0.250 e. The first-order chi connectivity index (χ1) is 6.35. The standard InChI is InChI=1S/C5H6N6O2/c12-10-4-2-3(7-1-6-2)8-5(9-4)11-13/h1-2,12-13H,(H2,6,7,8,9,10,11). The Labute approximate surface area is 72.4 Å². The maximum atomic E-state index is 8.68. The Balaban J connectivity index is 2.36. The van der Waals surface area contributed by atoms with Crippen LogP contribution in [0.2, 0.25) is 0 Å². The van der Waals surface area contributed by atoms with Crippen LogP contribution in [0.15, 0.2) is 20.0 Å². The minimum absolute atomic E-state index is 0.0444. The zero-order valence-electron chi connectivity index (χ0n) is 6.34. The molecule has 8 heteroatoms. The monoisotopic (exact) mass is 182 g/mol. The predicted molar refractivity (Wildman–Crippen MR) is 44.4 cm³/mol. The average Bonchev–Trinajstić information content (AvgIpc) is 2.63. The molecule has 0 amide bonds. The molecule has 0 aromatic carbocycles. The van der Waals surface area contributed by atoms with Gasteiger partial charge in [0.05, 0.1) is 0 Å². The van der Waals surface area contributed by atoms with Gasteiger partial charge in [0.1, 0.15) is 6.34 Å². The molecule has 0 saturated carbocycles. The van der Waals surface area contributed by atoms with Gasteiger partial charge in [-0.1, -0.05) is 0 Å². The van der Waals surface area contributed by atoms with E-state index >= 15 is 0 Å². The number of hydrogen-bond donors (Lipinski definition) is 4. The summed E-state index contributed by atoms with van der Waals surface area (Å²) in [6.45, 7) is 0. The number of amidine groups is 2. The second kappa shape index (κ2) is 2.92. The van der Waals surface area contributed by atoms with Crippen molar-refractivity contribution in [3.8, 4) is 0 Å². The molecule has 68 valence electrons. The summed E-state index contributed by atoms with van der Waals surface area (Å²) in [6, 6.07) is -0.498. The van der Waals surface area contributed by atoms with E-state index in [-0.39, 0.29) is 11.8 Å². The first-order valence-corrected chi connectivity index (χ1v) is 3.42. The third kappa shape index (κ3) is 1.17. The molecule has 1 unspecified atom stereocenters. The summed E-state index contributed by atoms with van der Waals surface area (Å²) in [5.74, 6) is 0.485. The number of nitrogens with one attached hydrogen (secondary N) is 2. The molecule has 13 heavy (non-hydrogen) atoms. The van der Waals surface area contributed by atoms with Crippen molar-refractivity contribution in [1.29, 1.82) is 0 Å². The summed E-state index contributed by atoms with van der Waals surface area (Å²) in [6.07, 6.45) is 1.32. The highest BCUT2D eigenvalue weighted by Crippen LogP contribution is 2.08. The van der Waals surface area contributed by atoms with Gasteiger partial charge in [-0.25, -0.2) is 10.5 Å². The van der Waals surface area contributed by atoms with Crippen LogP contribution in [0.5, 0.6) is 0 Å². The summed E-state index contributed by atoms with van der Waals surface area (Å²) in [5.41, 5.74) is 3.62. The third-order valence-electron chi connectivity index (χ3n) is 1.57. The summed E-state index contributed by atoms with van der Waals surface area (Å²) in [4.78, 5) is 15.2. The van der Waals surface area contributed by atoms with Crippen molar-refractivity contribution in [2.45, 2.75) is 6.04 Å². The fraction of sp³-hybridized carbons (Fsp3) is 0.200. The molecule has 0 fully saturated rings. The highest BCUT2D eigenvalue weighted by atomic mass is 16.5. The molecule has 2 aliphatic rings. The van der Waals surface area contributed by atoms with Gasteiger partial charge in [-0.3, -0.25) is 20.9 Å². The lowest BCUT2D eigenvalue weighted by Crippen LogP contribution is -2.41. The minimum atomic E-state index is -0.498. The van der Waals surface area contributed by atoms with Crippen molar-refractivity contribution >= 4 is 24.0 Å². The molecule has 2 heterocycles. The van der Waals surface area contributed by atoms with Crippen molar-refractivity contribution in [3.63, 3.8) is 0 Å². The van der Waals surface area contributed by atoms with Crippen molar-refractivity contribution in [1.82, 2.24) is 11.0 Å². The molecule has 2 aliphatic heterocycles. The predicted octanol–water partition coefficient (Wildman–Crippen LogP) is -1.48. The second-order valence-electron chi connectivity index (χ2n) is 2.31. The van der Waals surface area contributed by atoms with Crippen LogP contribution in [0.25, 0.3) is 0 Å². The van der Waals surface area contributed by atoms with Crippen LogP contribution in [-0.4, -0.2) is 40.4 Å². The topological polar surface area (TPSA) is 114 Å². The van der Waals surface area contributed by atoms with Gasteiger partial charge < -0.3 is 0 Å². The number of hydroxylamine groups is 2. The summed E-state index contributed by atoms with van der Waals surface area (Å²) < 4.78 is 0. The van der Waals surface area contributed by atoms with Crippen LogP contribution in [-0.2, 0) is 0 Å². The Morgan fingerprint density at radius 2 is 2.08 bits per heavy atom. The Morgan fingerprint density at radius 3 is 2.77 bits per heavy atom. The maximum absolute atomic E-state index is 8.68. The molecule has 0 aromatic rings. The van der Waals surface area contributed by atoms with Crippen LogP contribution in [0, 0.1) is 0 Å². The van der Waals surface area contributed by atoms with E-state index in [1.54, 1.807) is 5.48 Å². The largest absolute Gasteiger partial charge is 0.290 e. The van der Waals surface area contributed by atoms with E-state index in [0.717, 1.165) is 0 Å². The lowest BCUT2D eigenvalue weighted by atomic mass is 10.2. The maximum Gasteiger partial charge on any atom is 0.250 e. The molecule has 2 rings (SSSR count). The zero-order valence-corrected chi connectivity index (χ0v) is 6.34. The molecule has 0 saturated heterocycles. The molecule has 0 bridgehead atoms. The van der Waals surface area contributed by atoms with E-state index in [1.807, 2.05) is 5.48 Å². The van der Waals surface area contributed by atoms with Gasteiger partial charge in [-0.2, -0.15) is 9.98 Å². The summed E-state index contributed by atoms with van der Waals surface area (Å²) in [7, 11) is 0. The van der Waals surface area contributed by atoms with Crippen LogP contribution in [0.4, 0.5) is 0 Å². The van der Waals surface area contributed by atoms with Crippen LogP contribution in [0.1, 0.15) is 0 Å².